The standard InChI is InChI=1S/C15H18F3NO2/c1-2-21-14(20)13-5-3-4-10-19(13)12-8-6-11(7-9-12)15(16,17)18/h6-9,13H,2-5,10H2,1H3. The van der Waals surface area contributed by atoms with Gasteiger partial charge in [0.15, 0.2) is 0 Å². The summed E-state index contributed by atoms with van der Waals surface area (Å²) in [6.45, 7) is 2.69. The summed E-state index contributed by atoms with van der Waals surface area (Å²) in [4.78, 5) is 13.8. The van der Waals surface area contributed by atoms with Crippen LogP contribution in [0.25, 0.3) is 0 Å². The minimum atomic E-state index is -4.35. The van der Waals surface area contributed by atoms with Gasteiger partial charge in [-0.25, -0.2) is 4.79 Å². The van der Waals surface area contributed by atoms with Crippen molar-refractivity contribution in [3.63, 3.8) is 0 Å². The van der Waals surface area contributed by atoms with Crippen LogP contribution in [0, 0.1) is 0 Å². The van der Waals surface area contributed by atoms with Crippen molar-refractivity contribution in [2.24, 2.45) is 0 Å². The molecule has 1 aliphatic rings. The molecule has 0 aromatic heterocycles. The van der Waals surface area contributed by atoms with E-state index in [1.54, 1.807) is 6.92 Å². The van der Waals surface area contributed by atoms with Crippen molar-refractivity contribution in [2.45, 2.75) is 38.4 Å². The van der Waals surface area contributed by atoms with Crippen LogP contribution in [0.5, 0.6) is 0 Å². The number of nitrogens with zero attached hydrogens (tertiary/aromatic N) is 1. The zero-order chi connectivity index (χ0) is 15.5. The third kappa shape index (κ3) is 3.68. The molecule has 6 heteroatoms. The van der Waals surface area contributed by atoms with Crippen LogP contribution >= 0.6 is 0 Å². The molecule has 3 nitrogen and oxygen atoms in total. The first-order valence-electron chi connectivity index (χ1n) is 7.04. The van der Waals surface area contributed by atoms with Gasteiger partial charge in [-0.15, -0.1) is 0 Å². The van der Waals surface area contributed by atoms with Crippen LogP contribution in [-0.4, -0.2) is 25.2 Å². The van der Waals surface area contributed by atoms with Crippen molar-refractivity contribution in [3.8, 4) is 0 Å². The van der Waals surface area contributed by atoms with Gasteiger partial charge in [0.25, 0.3) is 0 Å². The average molecular weight is 301 g/mol. The van der Waals surface area contributed by atoms with Gasteiger partial charge in [0.1, 0.15) is 6.04 Å². The minimum Gasteiger partial charge on any atom is -0.464 e. The monoisotopic (exact) mass is 301 g/mol. The van der Waals surface area contributed by atoms with Crippen LogP contribution in [0.3, 0.4) is 0 Å². The number of hydrogen-bond donors (Lipinski definition) is 0. The Morgan fingerprint density at radius 1 is 1.29 bits per heavy atom. The maximum absolute atomic E-state index is 12.6. The molecule has 0 spiro atoms. The normalized spacial score (nSPS) is 19.4. The van der Waals surface area contributed by atoms with Gasteiger partial charge in [0.2, 0.25) is 0 Å². The maximum atomic E-state index is 12.6. The number of ether oxygens (including phenoxy) is 1. The van der Waals surface area contributed by atoms with Gasteiger partial charge in [-0.2, -0.15) is 13.2 Å². The highest BCUT2D eigenvalue weighted by Gasteiger charge is 2.32. The van der Waals surface area contributed by atoms with Crippen molar-refractivity contribution in [2.75, 3.05) is 18.1 Å². The Kier molecular flexibility index (Phi) is 4.75. The average Bonchev–Trinajstić information content (AvgIpc) is 2.47. The number of benzene rings is 1. The van der Waals surface area contributed by atoms with Crippen LogP contribution in [0.4, 0.5) is 18.9 Å². The second kappa shape index (κ2) is 6.37. The molecule has 1 aliphatic heterocycles. The highest BCUT2D eigenvalue weighted by molar-refractivity contribution is 5.80. The summed E-state index contributed by atoms with van der Waals surface area (Å²) in [6.07, 6.45) is -1.85. The number of alkyl halides is 3. The molecule has 1 aromatic carbocycles. The second-order valence-corrected chi connectivity index (χ2v) is 5.00. The topological polar surface area (TPSA) is 29.5 Å². The molecule has 1 atom stereocenters. The lowest BCUT2D eigenvalue weighted by Crippen LogP contribution is -2.45. The number of carbonyl (C=O) groups excluding carboxylic acids is 1. The van der Waals surface area contributed by atoms with Gasteiger partial charge in [-0.3, -0.25) is 0 Å². The molecule has 1 saturated heterocycles. The van der Waals surface area contributed by atoms with E-state index >= 15 is 0 Å². The third-order valence-corrected chi connectivity index (χ3v) is 3.59. The van der Waals surface area contributed by atoms with Crippen LogP contribution < -0.4 is 4.90 Å². The summed E-state index contributed by atoms with van der Waals surface area (Å²) in [5.74, 6) is -0.308. The zero-order valence-corrected chi connectivity index (χ0v) is 11.8. The Hall–Kier alpha value is -1.72. The predicted octanol–water partition coefficient (Wildman–Crippen LogP) is 3.63. The first-order valence-corrected chi connectivity index (χ1v) is 7.04. The van der Waals surface area contributed by atoms with Gasteiger partial charge in [-0.05, 0) is 50.5 Å². The summed E-state index contributed by atoms with van der Waals surface area (Å²) >= 11 is 0. The fraction of sp³-hybridized carbons (Fsp3) is 0.533. The molecule has 2 rings (SSSR count). The van der Waals surface area contributed by atoms with Gasteiger partial charge in [-0.1, -0.05) is 0 Å². The Bertz CT molecular complexity index is 485. The Morgan fingerprint density at radius 2 is 1.95 bits per heavy atom. The number of rotatable bonds is 3. The lowest BCUT2D eigenvalue weighted by atomic mass is 10.0. The quantitative estimate of drug-likeness (QED) is 0.799. The molecule has 1 aromatic rings. The van der Waals surface area contributed by atoms with Gasteiger partial charge in [0.05, 0.1) is 12.2 Å². The molecular formula is C15H18F3NO2. The Morgan fingerprint density at radius 3 is 2.52 bits per heavy atom. The molecule has 1 fully saturated rings. The van der Waals surface area contributed by atoms with E-state index < -0.39 is 17.8 Å². The molecule has 0 radical (unpaired) electrons. The van der Waals surface area contributed by atoms with E-state index in [4.69, 9.17) is 4.74 Å². The van der Waals surface area contributed by atoms with Gasteiger partial charge >= 0.3 is 12.1 Å². The number of anilines is 1. The summed E-state index contributed by atoms with van der Waals surface area (Å²) in [5.41, 5.74) is -0.0586. The third-order valence-electron chi connectivity index (χ3n) is 3.59. The fourth-order valence-corrected chi connectivity index (χ4v) is 2.57. The van der Waals surface area contributed by atoms with Crippen molar-refractivity contribution in [1.29, 1.82) is 0 Å². The van der Waals surface area contributed by atoms with E-state index in [9.17, 15) is 18.0 Å². The van der Waals surface area contributed by atoms with E-state index in [0.29, 0.717) is 25.3 Å². The van der Waals surface area contributed by atoms with Crippen LogP contribution in [0.2, 0.25) is 0 Å². The van der Waals surface area contributed by atoms with Gasteiger partial charge < -0.3 is 9.64 Å². The first kappa shape index (κ1) is 15.7. The van der Waals surface area contributed by atoms with E-state index in [1.807, 2.05) is 4.90 Å². The first-order chi connectivity index (χ1) is 9.93. The molecule has 116 valence electrons. The lowest BCUT2D eigenvalue weighted by Gasteiger charge is -2.35. The SMILES string of the molecule is CCOC(=O)C1CCCCN1c1ccc(C(F)(F)F)cc1. The number of esters is 1. The summed E-state index contributed by atoms with van der Waals surface area (Å²) < 4.78 is 42.8. The number of hydrogen-bond acceptors (Lipinski definition) is 3. The molecule has 0 saturated carbocycles. The number of carbonyl (C=O) groups is 1. The summed E-state index contributed by atoms with van der Waals surface area (Å²) in [5, 5.41) is 0. The van der Waals surface area contributed by atoms with Crippen LogP contribution in [0.15, 0.2) is 24.3 Å². The molecule has 1 unspecified atom stereocenters. The number of halogens is 3. The molecule has 1 heterocycles. The molecule has 0 aliphatic carbocycles. The zero-order valence-electron chi connectivity index (χ0n) is 11.8. The summed E-state index contributed by atoms with van der Waals surface area (Å²) in [7, 11) is 0. The summed E-state index contributed by atoms with van der Waals surface area (Å²) in [6, 6.07) is 4.52. The highest BCUT2D eigenvalue weighted by Crippen LogP contribution is 2.32. The molecule has 0 bridgehead atoms. The van der Waals surface area contributed by atoms with Crippen molar-refractivity contribution >= 4 is 11.7 Å². The van der Waals surface area contributed by atoms with Crippen molar-refractivity contribution < 1.29 is 22.7 Å². The lowest BCUT2D eigenvalue weighted by molar-refractivity contribution is -0.145. The van der Waals surface area contributed by atoms with E-state index in [0.717, 1.165) is 25.0 Å². The molecular weight excluding hydrogens is 283 g/mol. The highest BCUT2D eigenvalue weighted by atomic mass is 19.4. The Labute approximate surface area is 121 Å². The maximum Gasteiger partial charge on any atom is 0.416 e. The van der Waals surface area contributed by atoms with E-state index in [1.165, 1.54) is 12.1 Å². The van der Waals surface area contributed by atoms with Gasteiger partial charge in [0, 0.05) is 12.2 Å². The van der Waals surface area contributed by atoms with E-state index in [2.05, 4.69) is 0 Å². The molecule has 0 N–H and O–H groups in total. The van der Waals surface area contributed by atoms with Crippen LogP contribution in [0.1, 0.15) is 31.7 Å². The molecule has 0 amide bonds. The fourth-order valence-electron chi connectivity index (χ4n) is 2.57. The Balaban J connectivity index is 2.19. The largest absolute Gasteiger partial charge is 0.464 e. The smallest absolute Gasteiger partial charge is 0.416 e. The van der Waals surface area contributed by atoms with E-state index in [-0.39, 0.29) is 5.97 Å². The van der Waals surface area contributed by atoms with Crippen molar-refractivity contribution in [1.82, 2.24) is 0 Å². The van der Waals surface area contributed by atoms with Crippen molar-refractivity contribution in [3.05, 3.63) is 29.8 Å². The predicted molar refractivity (Wildman–Crippen MR) is 73.1 cm³/mol. The van der Waals surface area contributed by atoms with Crippen LogP contribution in [-0.2, 0) is 15.7 Å². The second-order valence-electron chi connectivity index (χ2n) is 5.00. The minimum absolute atomic E-state index is 0.302. The number of piperidine rings is 1. The molecule has 21 heavy (non-hydrogen) atoms.